The number of amides is 3. The van der Waals surface area contributed by atoms with E-state index in [1.807, 2.05) is 13.0 Å². The average Bonchev–Trinajstić information content (AvgIpc) is 3.21. The Morgan fingerprint density at radius 2 is 1.70 bits per heavy atom. The molecule has 1 aliphatic rings. The zero-order chi connectivity index (χ0) is 24.1. The van der Waals surface area contributed by atoms with Crippen molar-refractivity contribution in [3.63, 3.8) is 0 Å². The molecule has 1 heterocycles. The molecular formula is C24H29N3O6. The van der Waals surface area contributed by atoms with Crippen LogP contribution in [0.2, 0.25) is 0 Å². The number of benzene rings is 2. The van der Waals surface area contributed by atoms with Crippen molar-refractivity contribution in [2.45, 2.75) is 26.7 Å². The summed E-state index contributed by atoms with van der Waals surface area (Å²) in [6.45, 7) is 3.85. The predicted octanol–water partition coefficient (Wildman–Crippen LogP) is 3.36. The Hall–Kier alpha value is -3.75. The molecule has 0 spiro atoms. The maximum Gasteiger partial charge on any atom is 0.229 e. The maximum absolute atomic E-state index is 13.0. The summed E-state index contributed by atoms with van der Waals surface area (Å²) in [5, 5.41) is 5.68. The molecule has 0 aliphatic carbocycles. The number of ether oxygens (including phenoxy) is 3. The van der Waals surface area contributed by atoms with Gasteiger partial charge in [0, 0.05) is 42.9 Å². The molecule has 9 nitrogen and oxygen atoms in total. The summed E-state index contributed by atoms with van der Waals surface area (Å²) in [4.78, 5) is 39.0. The van der Waals surface area contributed by atoms with Gasteiger partial charge in [0.25, 0.3) is 0 Å². The van der Waals surface area contributed by atoms with Crippen LogP contribution in [-0.2, 0) is 14.4 Å². The summed E-state index contributed by atoms with van der Waals surface area (Å²) in [6.07, 6.45) is 0.435. The van der Waals surface area contributed by atoms with Gasteiger partial charge >= 0.3 is 0 Å². The Labute approximate surface area is 193 Å². The Balaban J connectivity index is 1.77. The van der Waals surface area contributed by atoms with E-state index in [-0.39, 0.29) is 30.7 Å². The van der Waals surface area contributed by atoms with Crippen molar-refractivity contribution >= 4 is 34.8 Å². The number of nitrogens with zero attached hydrogens (tertiary/aromatic N) is 1. The van der Waals surface area contributed by atoms with Crippen LogP contribution in [-0.4, -0.2) is 45.6 Å². The van der Waals surface area contributed by atoms with Gasteiger partial charge in [0.05, 0.1) is 32.9 Å². The second kappa shape index (κ2) is 10.2. The van der Waals surface area contributed by atoms with E-state index in [4.69, 9.17) is 14.2 Å². The molecule has 176 valence electrons. The van der Waals surface area contributed by atoms with E-state index in [0.717, 1.165) is 5.56 Å². The van der Waals surface area contributed by atoms with E-state index < -0.39 is 5.92 Å². The van der Waals surface area contributed by atoms with Gasteiger partial charge in [0.1, 0.15) is 0 Å². The smallest absolute Gasteiger partial charge is 0.229 e. The summed E-state index contributed by atoms with van der Waals surface area (Å²) >= 11 is 0. The number of rotatable bonds is 8. The first kappa shape index (κ1) is 23.9. The topological polar surface area (TPSA) is 106 Å². The average molecular weight is 456 g/mol. The molecule has 2 aromatic rings. The fraction of sp³-hybridized carbons (Fsp3) is 0.375. The summed E-state index contributed by atoms with van der Waals surface area (Å²) in [5.74, 6) is 0.187. The van der Waals surface area contributed by atoms with E-state index in [1.54, 1.807) is 36.1 Å². The number of nitrogens with one attached hydrogen (secondary N) is 2. The van der Waals surface area contributed by atoms with Crippen LogP contribution in [0.15, 0.2) is 30.3 Å². The summed E-state index contributed by atoms with van der Waals surface area (Å²) < 4.78 is 16.1. The van der Waals surface area contributed by atoms with Crippen molar-refractivity contribution in [1.29, 1.82) is 0 Å². The van der Waals surface area contributed by atoms with Gasteiger partial charge in [-0.05, 0) is 24.6 Å². The maximum atomic E-state index is 13.0. The number of carbonyl (C=O) groups is 3. The third-order valence-electron chi connectivity index (χ3n) is 5.56. The molecule has 9 heteroatoms. The van der Waals surface area contributed by atoms with Crippen molar-refractivity contribution < 1.29 is 28.6 Å². The van der Waals surface area contributed by atoms with E-state index in [1.165, 1.54) is 21.3 Å². The minimum absolute atomic E-state index is 0.0772. The summed E-state index contributed by atoms with van der Waals surface area (Å²) in [6, 6.07) is 8.69. The summed E-state index contributed by atoms with van der Waals surface area (Å²) in [7, 11) is 4.51. The van der Waals surface area contributed by atoms with Gasteiger partial charge in [-0.1, -0.05) is 13.0 Å². The van der Waals surface area contributed by atoms with Crippen molar-refractivity contribution in [2.24, 2.45) is 5.92 Å². The number of aryl methyl sites for hydroxylation is 1. The highest BCUT2D eigenvalue weighted by Gasteiger charge is 2.36. The molecular weight excluding hydrogens is 426 g/mol. The van der Waals surface area contributed by atoms with Crippen LogP contribution in [0.5, 0.6) is 17.2 Å². The molecule has 1 fully saturated rings. The second-order valence-electron chi connectivity index (χ2n) is 7.71. The van der Waals surface area contributed by atoms with Crippen LogP contribution in [0.3, 0.4) is 0 Å². The van der Waals surface area contributed by atoms with Crippen molar-refractivity contribution in [3.8, 4) is 17.2 Å². The third-order valence-corrected chi connectivity index (χ3v) is 5.56. The van der Waals surface area contributed by atoms with Gasteiger partial charge in [0.15, 0.2) is 11.5 Å². The number of hydrogen-bond donors (Lipinski definition) is 2. The Morgan fingerprint density at radius 3 is 2.27 bits per heavy atom. The van der Waals surface area contributed by atoms with E-state index in [2.05, 4.69) is 10.6 Å². The number of methoxy groups -OCH3 is 3. The number of anilines is 3. The fourth-order valence-corrected chi connectivity index (χ4v) is 3.67. The monoisotopic (exact) mass is 455 g/mol. The highest BCUT2D eigenvalue weighted by molar-refractivity contribution is 6.04. The molecule has 1 unspecified atom stereocenters. The SMILES string of the molecule is CCC(=O)Nc1ccc(C)c(NC(=O)C2CC(=O)N(c3cc(OC)c(OC)c(OC)c3)C2)c1. The quantitative estimate of drug-likeness (QED) is 0.632. The zero-order valence-corrected chi connectivity index (χ0v) is 19.5. The van der Waals surface area contributed by atoms with Crippen LogP contribution < -0.4 is 29.7 Å². The summed E-state index contributed by atoms with van der Waals surface area (Å²) in [5.41, 5.74) is 2.60. The lowest BCUT2D eigenvalue weighted by molar-refractivity contribution is -0.122. The molecule has 33 heavy (non-hydrogen) atoms. The van der Waals surface area contributed by atoms with E-state index in [9.17, 15) is 14.4 Å². The lowest BCUT2D eigenvalue weighted by atomic mass is 10.1. The first-order valence-electron chi connectivity index (χ1n) is 10.6. The highest BCUT2D eigenvalue weighted by Crippen LogP contribution is 2.42. The van der Waals surface area contributed by atoms with E-state index in [0.29, 0.717) is 40.7 Å². The van der Waals surface area contributed by atoms with Gasteiger partial charge in [-0.3, -0.25) is 14.4 Å². The Bertz CT molecular complexity index is 1040. The van der Waals surface area contributed by atoms with Crippen molar-refractivity contribution in [3.05, 3.63) is 35.9 Å². The zero-order valence-electron chi connectivity index (χ0n) is 19.5. The Kier molecular flexibility index (Phi) is 7.42. The minimum Gasteiger partial charge on any atom is -0.493 e. The molecule has 1 atom stereocenters. The first-order valence-corrected chi connectivity index (χ1v) is 10.6. The normalized spacial score (nSPS) is 15.2. The first-order chi connectivity index (χ1) is 15.8. The van der Waals surface area contributed by atoms with Crippen LogP contribution in [0.25, 0.3) is 0 Å². The molecule has 0 aromatic heterocycles. The number of hydrogen-bond acceptors (Lipinski definition) is 6. The van der Waals surface area contributed by atoms with Crippen molar-refractivity contribution in [2.75, 3.05) is 43.4 Å². The standard InChI is InChI=1S/C24H29N3O6/c1-6-21(28)25-16-8-7-14(2)18(10-16)26-24(30)15-9-22(29)27(13-15)17-11-19(31-3)23(33-5)20(12-17)32-4/h7-8,10-12,15H,6,9,13H2,1-5H3,(H,25,28)(H,26,30). The minimum atomic E-state index is -0.537. The molecule has 1 saturated heterocycles. The van der Waals surface area contributed by atoms with Crippen LogP contribution in [0, 0.1) is 12.8 Å². The molecule has 0 bridgehead atoms. The van der Waals surface area contributed by atoms with Crippen LogP contribution in [0.1, 0.15) is 25.3 Å². The van der Waals surface area contributed by atoms with Gasteiger partial charge in [0.2, 0.25) is 23.5 Å². The molecule has 1 aliphatic heterocycles. The van der Waals surface area contributed by atoms with Crippen LogP contribution >= 0.6 is 0 Å². The predicted molar refractivity (Wildman–Crippen MR) is 125 cm³/mol. The Morgan fingerprint density at radius 1 is 1.03 bits per heavy atom. The second-order valence-corrected chi connectivity index (χ2v) is 7.71. The number of carbonyl (C=O) groups excluding carboxylic acids is 3. The lowest BCUT2D eigenvalue weighted by Crippen LogP contribution is -2.28. The molecule has 3 rings (SSSR count). The molecule has 3 amide bonds. The molecule has 0 radical (unpaired) electrons. The van der Waals surface area contributed by atoms with Gasteiger partial charge in [-0.25, -0.2) is 0 Å². The van der Waals surface area contributed by atoms with Gasteiger partial charge in [-0.2, -0.15) is 0 Å². The van der Waals surface area contributed by atoms with Crippen LogP contribution in [0.4, 0.5) is 17.1 Å². The van der Waals surface area contributed by atoms with Gasteiger partial charge < -0.3 is 29.7 Å². The van der Waals surface area contributed by atoms with Gasteiger partial charge in [-0.15, -0.1) is 0 Å². The van der Waals surface area contributed by atoms with Crippen molar-refractivity contribution in [1.82, 2.24) is 0 Å². The fourth-order valence-electron chi connectivity index (χ4n) is 3.67. The van der Waals surface area contributed by atoms with E-state index >= 15 is 0 Å². The molecule has 2 N–H and O–H groups in total. The molecule has 0 saturated carbocycles. The molecule has 2 aromatic carbocycles. The largest absolute Gasteiger partial charge is 0.493 e. The lowest BCUT2D eigenvalue weighted by Gasteiger charge is -2.20. The third kappa shape index (κ3) is 5.19. The highest BCUT2D eigenvalue weighted by atomic mass is 16.5.